The van der Waals surface area contributed by atoms with E-state index in [1.165, 1.54) is 12.8 Å². The molecular formula is C22H40IN7O. The average Bonchev–Trinajstić information content (AvgIpc) is 2.99. The highest BCUT2D eigenvalue weighted by Gasteiger charge is 2.23. The second kappa shape index (κ2) is 13.9. The number of unbranched alkanes of at least 4 members (excludes halogenated alkanes) is 1. The van der Waals surface area contributed by atoms with Crippen molar-refractivity contribution in [3.63, 3.8) is 0 Å². The Bertz CT molecular complexity index is 677. The Kier molecular flexibility index (Phi) is 11.6. The Hall–Kier alpha value is -1.36. The molecular weight excluding hydrogens is 505 g/mol. The van der Waals surface area contributed by atoms with Crippen LogP contribution in [0.5, 0.6) is 0 Å². The van der Waals surface area contributed by atoms with Crippen molar-refractivity contribution in [2.75, 3.05) is 59.4 Å². The number of guanidine groups is 1. The Labute approximate surface area is 204 Å². The fraction of sp³-hybridized carbons (Fsp3) is 0.773. The van der Waals surface area contributed by atoms with Gasteiger partial charge in [0.1, 0.15) is 5.82 Å². The molecule has 0 atom stereocenters. The number of amides is 1. The third-order valence-corrected chi connectivity index (χ3v) is 6.23. The van der Waals surface area contributed by atoms with Gasteiger partial charge in [-0.05, 0) is 32.6 Å². The van der Waals surface area contributed by atoms with Crippen LogP contribution >= 0.6 is 24.0 Å². The van der Waals surface area contributed by atoms with Crippen LogP contribution in [0, 0.1) is 6.92 Å². The lowest BCUT2D eigenvalue weighted by atomic mass is 10.2. The monoisotopic (exact) mass is 545 g/mol. The largest absolute Gasteiger partial charge is 0.356 e. The fourth-order valence-electron chi connectivity index (χ4n) is 4.31. The number of piperazine rings is 1. The quantitative estimate of drug-likeness (QED) is 0.246. The number of imidazole rings is 1. The molecule has 176 valence electrons. The SMILES string of the molecule is CN=C(NCCCCn1ccnc1C)N1CCN(CC(=O)N2CCCCCC2)CC1.I. The fourth-order valence-corrected chi connectivity index (χ4v) is 4.31. The minimum atomic E-state index is 0. The Balaban J connectivity index is 0.00000341. The molecule has 0 radical (unpaired) electrons. The van der Waals surface area contributed by atoms with E-state index in [0.717, 1.165) is 89.8 Å². The minimum absolute atomic E-state index is 0. The van der Waals surface area contributed by atoms with Crippen molar-refractivity contribution in [2.24, 2.45) is 4.99 Å². The van der Waals surface area contributed by atoms with Crippen molar-refractivity contribution in [1.82, 2.24) is 29.6 Å². The lowest BCUT2D eigenvalue weighted by Crippen LogP contribution is -2.54. The van der Waals surface area contributed by atoms with Gasteiger partial charge in [0, 0.05) is 71.8 Å². The zero-order valence-electron chi connectivity index (χ0n) is 19.3. The highest BCUT2D eigenvalue weighted by molar-refractivity contribution is 14.0. The Morgan fingerprint density at radius 2 is 1.74 bits per heavy atom. The maximum atomic E-state index is 12.6. The molecule has 2 aliphatic rings. The number of hydrogen-bond donors (Lipinski definition) is 1. The highest BCUT2D eigenvalue weighted by atomic mass is 127. The van der Waals surface area contributed by atoms with E-state index in [1.807, 2.05) is 26.4 Å². The molecule has 1 N–H and O–H groups in total. The summed E-state index contributed by atoms with van der Waals surface area (Å²) in [4.78, 5) is 28.0. The molecule has 0 unspecified atom stereocenters. The number of aromatic nitrogens is 2. The van der Waals surface area contributed by atoms with Crippen molar-refractivity contribution < 1.29 is 4.79 Å². The normalized spacial score (nSPS) is 18.5. The first-order valence-corrected chi connectivity index (χ1v) is 11.6. The van der Waals surface area contributed by atoms with Crippen LogP contribution in [0.4, 0.5) is 0 Å². The van der Waals surface area contributed by atoms with Crippen molar-refractivity contribution >= 4 is 35.8 Å². The topological polar surface area (TPSA) is 69.0 Å². The van der Waals surface area contributed by atoms with Crippen LogP contribution in [0.25, 0.3) is 0 Å². The van der Waals surface area contributed by atoms with Gasteiger partial charge in [-0.25, -0.2) is 4.98 Å². The number of carbonyl (C=O) groups excluding carboxylic acids is 1. The molecule has 8 nitrogen and oxygen atoms in total. The van der Waals surface area contributed by atoms with E-state index in [0.29, 0.717) is 12.5 Å². The number of rotatable bonds is 7. The number of hydrogen-bond acceptors (Lipinski definition) is 4. The third kappa shape index (κ3) is 8.25. The van der Waals surface area contributed by atoms with Gasteiger partial charge < -0.3 is 19.7 Å². The van der Waals surface area contributed by atoms with Crippen LogP contribution in [0.15, 0.2) is 17.4 Å². The predicted molar refractivity (Wildman–Crippen MR) is 136 cm³/mol. The number of nitrogens with zero attached hydrogens (tertiary/aromatic N) is 6. The molecule has 31 heavy (non-hydrogen) atoms. The summed E-state index contributed by atoms with van der Waals surface area (Å²) < 4.78 is 2.20. The molecule has 0 saturated carbocycles. The van der Waals surface area contributed by atoms with Crippen LogP contribution in [-0.2, 0) is 11.3 Å². The molecule has 0 spiro atoms. The number of nitrogens with one attached hydrogen (secondary N) is 1. The molecule has 0 aromatic carbocycles. The maximum absolute atomic E-state index is 12.6. The van der Waals surface area contributed by atoms with Gasteiger partial charge in [-0.1, -0.05) is 12.8 Å². The zero-order valence-corrected chi connectivity index (χ0v) is 21.6. The van der Waals surface area contributed by atoms with Crippen LogP contribution in [0.1, 0.15) is 44.3 Å². The van der Waals surface area contributed by atoms with Gasteiger partial charge in [-0.15, -0.1) is 24.0 Å². The van der Waals surface area contributed by atoms with E-state index < -0.39 is 0 Å². The number of halogens is 1. The summed E-state index contributed by atoms with van der Waals surface area (Å²) in [5.41, 5.74) is 0. The van der Waals surface area contributed by atoms with Crippen molar-refractivity contribution in [2.45, 2.75) is 52.0 Å². The Morgan fingerprint density at radius 1 is 1.03 bits per heavy atom. The summed E-state index contributed by atoms with van der Waals surface area (Å²) in [6, 6.07) is 0. The smallest absolute Gasteiger partial charge is 0.236 e. The van der Waals surface area contributed by atoms with Gasteiger partial charge in [0.05, 0.1) is 6.54 Å². The van der Waals surface area contributed by atoms with Crippen molar-refractivity contribution in [3.8, 4) is 0 Å². The summed E-state index contributed by atoms with van der Waals surface area (Å²) >= 11 is 0. The van der Waals surface area contributed by atoms with Crippen molar-refractivity contribution in [3.05, 3.63) is 18.2 Å². The molecule has 3 heterocycles. The van der Waals surface area contributed by atoms with Gasteiger partial charge in [-0.2, -0.15) is 0 Å². The zero-order chi connectivity index (χ0) is 21.2. The van der Waals surface area contributed by atoms with Crippen LogP contribution in [-0.4, -0.2) is 95.5 Å². The molecule has 1 aromatic rings. The third-order valence-electron chi connectivity index (χ3n) is 6.23. The lowest BCUT2D eigenvalue weighted by molar-refractivity contribution is -0.132. The van der Waals surface area contributed by atoms with Crippen LogP contribution in [0.2, 0.25) is 0 Å². The van der Waals surface area contributed by atoms with Gasteiger partial charge in [-0.3, -0.25) is 14.7 Å². The number of carbonyl (C=O) groups is 1. The first-order valence-electron chi connectivity index (χ1n) is 11.6. The first kappa shape index (κ1) is 25.9. The second-order valence-electron chi connectivity index (χ2n) is 8.41. The molecule has 1 amide bonds. The van der Waals surface area contributed by atoms with Gasteiger partial charge in [0.15, 0.2) is 5.96 Å². The molecule has 0 aliphatic carbocycles. The molecule has 3 rings (SSSR count). The summed E-state index contributed by atoms with van der Waals surface area (Å²) in [6.07, 6.45) is 11.0. The molecule has 2 fully saturated rings. The summed E-state index contributed by atoms with van der Waals surface area (Å²) in [5.74, 6) is 2.36. The maximum Gasteiger partial charge on any atom is 0.236 e. The van der Waals surface area contributed by atoms with E-state index >= 15 is 0 Å². The molecule has 2 saturated heterocycles. The summed E-state index contributed by atoms with van der Waals surface area (Å²) in [5, 5.41) is 3.51. The van der Waals surface area contributed by atoms with E-state index in [9.17, 15) is 4.79 Å². The molecule has 0 bridgehead atoms. The highest BCUT2D eigenvalue weighted by Crippen LogP contribution is 2.11. The van der Waals surface area contributed by atoms with E-state index in [-0.39, 0.29) is 24.0 Å². The van der Waals surface area contributed by atoms with Crippen molar-refractivity contribution in [1.29, 1.82) is 0 Å². The predicted octanol–water partition coefficient (Wildman–Crippen LogP) is 2.19. The second-order valence-corrected chi connectivity index (χ2v) is 8.41. The molecule has 2 aliphatic heterocycles. The molecule has 1 aromatic heterocycles. The number of aryl methyl sites for hydroxylation is 2. The van der Waals surface area contributed by atoms with Crippen LogP contribution < -0.4 is 5.32 Å². The van der Waals surface area contributed by atoms with Crippen LogP contribution in [0.3, 0.4) is 0 Å². The standard InChI is InChI=1S/C22H39N7O.HI/c1-20-24-10-14-27(20)11-8-5-9-25-22(23-2)29-17-15-26(16-18-29)19-21(30)28-12-6-3-4-7-13-28;/h10,14H,3-9,11-13,15-19H2,1-2H3,(H,23,25);1H. The lowest BCUT2D eigenvalue weighted by Gasteiger charge is -2.37. The summed E-state index contributed by atoms with van der Waals surface area (Å²) in [6.45, 7) is 10.1. The Morgan fingerprint density at radius 3 is 2.35 bits per heavy atom. The van der Waals surface area contributed by atoms with E-state index in [1.54, 1.807) is 0 Å². The van der Waals surface area contributed by atoms with Gasteiger partial charge >= 0.3 is 0 Å². The molecule has 9 heteroatoms. The summed E-state index contributed by atoms with van der Waals surface area (Å²) in [7, 11) is 1.85. The van der Waals surface area contributed by atoms with Gasteiger partial charge in [0.2, 0.25) is 5.91 Å². The van der Waals surface area contributed by atoms with E-state index in [2.05, 4.69) is 34.6 Å². The van der Waals surface area contributed by atoms with E-state index in [4.69, 9.17) is 0 Å². The minimum Gasteiger partial charge on any atom is -0.356 e. The number of likely N-dealkylation sites (tertiary alicyclic amines) is 1. The van der Waals surface area contributed by atoms with Gasteiger partial charge in [0.25, 0.3) is 0 Å². The average molecular weight is 546 g/mol. The number of aliphatic imine (C=N–C) groups is 1. The first-order chi connectivity index (χ1) is 14.7.